The fraction of sp³-hybridized carbons (Fsp3) is 0.300. The molecule has 1 aromatic carbocycles. The van der Waals surface area contributed by atoms with Crippen molar-refractivity contribution in [3.63, 3.8) is 0 Å². The number of carbonyl (C=O) groups excluding carboxylic acids is 1. The molecule has 0 unspecified atom stereocenters. The van der Waals surface area contributed by atoms with Gasteiger partial charge in [0.05, 0.1) is 11.2 Å². The summed E-state index contributed by atoms with van der Waals surface area (Å²) in [6.45, 7) is 5.55. The lowest BCUT2D eigenvalue weighted by atomic mass is 10.2. The average molecular weight is 362 g/mol. The van der Waals surface area contributed by atoms with Gasteiger partial charge in [-0.25, -0.2) is 9.97 Å². The van der Waals surface area contributed by atoms with Crippen molar-refractivity contribution >= 4 is 28.3 Å². The first-order valence-electron chi connectivity index (χ1n) is 9.04. The summed E-state index contributed by atoms with van der Waals surface area (Å²) in [7, 11) is 2.11. The smallest absolute Gasteiger partial charge is 0.274 e. The Kier molecular flexibility index (Phi) is 4.68. The summed E-state index contributed by atoms with van der Waals surface area (Å²) in [4.78, 5) is 30.6. The maximum Gasteiger partial charge on any atom is 0.274 e. The van der Waals surface area contributed by atoms with Crippen molar-refractivity contribution in [1.82, 2.24) is 19.9 Å². The third-order valence-electron chi connectivity index (χ3n) is 4.77. The van der Waals surface area contributed by atoms with Crippen LogP contribution in [0.15, 0.2) is 42.6 Å². The topological polar surface area (TPSA) is 74.2 Å². The summed E-state index contributed by atoms with van der Waals surface area (Å²) >= 11 is 0. The Morgan fingerprint density at radius 3 is 2.67 bits per heavy atom. The van der Waals surface area contributed by atoms with Crippen LogP contribution in [0.2, 0.25) is 0 Å². The fourth-order valence-electron chi connectivity index (χ4n) is 3.26. The second-order valence-corrected chi connectivity index (χ2v) is 6.78. The standard InChI is InChI=1S/C20H22N6O/c1-14-22-17(13-18(23-14)26-11-9-25(2)10-12-26)20(27)24-16-7-3-5-15-6-4-8-21-19(15)16/h3-8,13H,9-12H2,1-2H3,(H,24,27). The van der Waals surface area contributed by atoms with E-state index < -0.39 is 0 Å². The average Bonchev–Trinajstić information content (AvgIpc) is 2.68. The van der Waals surface area contributed by atoms with Crippen molar-refractivity contribution in [3.8, 4) is 0 Å². The zero-order valence-corrected chi connectivity index (χ0v) is 15.5. The molecule has 0 radical (unpaired) electrons. The molecule has 0 bridgehead atoms. The van der Waals surface area contributed by atoms with Crippen LogP contribution in [-0.4, -0.2) is 59.0 Å². The van der Waals surface area contributed by atoms with Gasteiger partial charge in [0.25, 0.3) is 5.91 Å². The normalized spacial score (nSPS) is 15.1. The maximum absolute atomic E-state index is 12.8. The number of hydrogen-bond donors (Lipinski definition) is 1. The van der Waals surface area contributed by atoms with Gasteiger partial charge in [0.15, 0.2) is 0 Å². The van der Waals surface area contributed by atoms with Gasteiger partial charge in [-0.3, -0.25) is 9.78 Å². The molecule has 1 aliphatic rings. The molecule has 7 heteroatoms. The van der Waals surface area contributed by atoms with E-state index in [-0.39, 0.29) is 5.91 Å². The molecule has 1 amide bonds. The second-order valence-electron chi connectivity index (χ2n) is 6.78. The predicted octanol–water partition coefficient (Wildman–Crippen LogP) is 2.34. The van der Waals surface area contributed by atoms with Crippen molar-refractivity contribution in [2.75, 3.05) is 43.4 Å². The molecule has 138 valence electrons. The van der Waals surface area contributed by atoms with E-state index in [4.69, 9.17) is 0 Å². The van der Waals surface area contributed by atoms with Gasteiger partial charge >= 0.3 is 0 Å². The molecular weight excluding hydrogens is 340 g/mol. The van der Waals surface area contributed by atoms with Crippen molar-refractivity contribution in [2.24, 2.45) is 0 Å². The highest BCUT2D eigenvalue weighted by Gasteiger charge is 2.19. The first-order chi connectivity index (χ1) is 13.1. The summed E-state index contributed by atoms with van der Waals surface area (Å²) in [5.74, 6) is 1.14. The minimum Gasteiger partial charge on any atom is -0.354 e. The van der Waals surface area contributed by atoms with Crippen molar-refractivity contribution in [1.29, 1.82) is 0 Å². The largest absolute Gasteiger partial charge is 0.354 e. The van der Waals surface area contributed by atoms with E-state index in [1.54, 1.807) is 12.3 Å². The molecule has 3 heterocycles. The highest BCUT2D eigenvalue weighted by molar-refractivity contribution is 6.07. The molecule has 0 spiro atoms. The number of amides is 1. The highest BCUT2D eigenvalue weighted by Crippen LogP contribution is 2.22. The lowest BCUT2D eigenvalue weighted by Crippen LogP contribution is -2.45. The van der Waals surface area contributed by atoms with Crippen molar-refractivity contribution < 1.29 is 4.79 Å². The van der Waals surface area contributed by atoms with Gasteiger partial charge in [-0.05, 0) is 26.1 Å². The second kappa shape index (κ2) is 7.28. The molecule has 0 saturated carbocycles. The molecule has 1 aliphatic heterocycles. The lowest BCUT2D eigenvalue weighted by molar-refractivity contribution is 0.102. The Hall–Kier alpha value is -3.06. The SMILES string of the molecule is Cc1nc(C(=O)Nc2cccc3cccnc23)cc(N2CCN(C)CC2)n1. The predicted molar refractivity (Wildman–Crippen MR) is 106 cm³/mol. The number of hydrogen-bond acceptors (Lipinski definition) is 6. The highest BCUT2D eigenvalue weighted by atomic mass is 16.1. The number of rotatable bonds is 3. The number of fused-ring (bicyclic) bond motifs is 1. The van der Waals surface area contributed by atoms with E-state index in [0.29, 0.717) is 17.2 Å². The van der Waals surface area contributed by atoms with Gasteiger partial charge < -0.3 is 15.1 Å². The monoisotopic (exact) mass is 362 g/mol. The molecule has 4 rings (SSSR count). The number of aromatic nitrogens is 3. The molecule has 2 aromatic heterocycles. The molecule has 1 N–H and O–H groups in total. The summed E-state index contributed by atoms with van der Waals surface area (Å²) in [6, 6.07) is 11.3. The quantitative estimate of drug-likeness (QED) is 0.771. The number of pyridine rings is 1. The molecule has 7 nitrogen and oxygen atoms in total. The van der Waals surface area contributed by atoms with E-state index >= 15 is 0 Å². The molecule has 0 atom stereocenters. The molecule has 1 saturated heterocycles. The maximum atomic E-state index is 12.8. The first-order valence-corrected chi connectivity index (χ1v) is 9.04. The third kappa shape index (κ3) is 3.73. The number of para-hydroxylation sites is 1. The van der Waals surface area contributed by atoms with Gasteiger partial charge in [0, 0.05) is 43.8 Å². The van der Waals surface area contributed by atoms with Crippen LogP contribution >= 0.6 is 0 Å². The minimum absolute atomic E-state index is 0.256. The van der Waals surface area contributed by atoms with Crippen molar-refractivity contribution in [3.05, 3.63) is 54.1 Å². The first kappa shape index (κ1) is 17.4. The Labute approximate surface area is 158 Å². The summed E-state index contributed by atoms with van der Waals surface area (Å²) in [5.41, 5.74) is 1.80. The third-order valence-corrected chi connectivity index (χ3v) is 4.77. The molecule has 1 fully saturated rings. The molecule has 0 aliphatic carbocycles. The van der Waals surface area contributed by atoms with E-state index in [1.165, 1.54) is 0 Å². The number of nitrogens with zero attached hydrogens (tertiary/aromatic N) is 5. The summed E-state index contributed by atoms with van der Waals surface area (Å²) in [6.07, 6.45) is 1.72. The number of piperazine rings is 1. The lowest BCUT2D eigenvalue weighted by Gasteiger charge is -2.33. The number of likely N-dealkylation sites (N-methyl/N-ethyl adjacent to an activating group) is 1. The number of carbonyl (C=O) groups is 1. The van der Waals surface area contributed by atoms with Crippen LogP contribution in [0.1, 0.15) is 16.3 Å². The zero-order chi connectivity index (χ0) is 18.8. The van der Waals surface area contributed by atoms with Crippen LogP contribution in [0.3, 0.4) is 0 Å². The summed E-state index contributed by atoms with van der Waals surface area (Å²) in [5, 5.41) is 3.93. The van der Waals surface area contributed by atoms with Crippen LogP contribution in [-0.2, 0) is 0 Å². The van der Waals surface area contributed by atoms with E-state index in [2.05, 4.69) is 37.1 Å². The number of anilines is 2. The molecular formula is C20H22N6O. The Balaban J connectivity index is 1.60. The molecule has 27 heavy (non-hydrogen) atoms. The summed E-state index contributed by atoms with van der Waals surface area (Å²) < 4.78 is 0. The zero-order valence-electron chi connectivity index (χ0n) is 15.5. The van der Waals surface area contributed by atoms with E-state index in [0.717, 1.165) is 42.9 Å². The van der Waals surface area contributed by atoms with Crippen LogP contribution in [0, 0.1) is 6.92 Å². The van der Waals surface area contributed by atoms with E-state index in [9.17, 15) is 4.79 Å². The van der Waals surface area contributed by atoms with Gasteiger partial charge in [0.2, 0.25) is 0 Å². The Morgan fingerprint density at radius 2 is 1.85 bits per heavy atom. The van der Waals surface area contributed by atoms with Gasteiger partial charge in [0.1, 0.15) is 17.3 Å². The number of aryl methyl sites for hydroxylation is 1. The minimum atomic E-state index is -0.256. The van der Waals surface area contributed by atoms with Crippen LogP contribution < -0.4 is 10.2 Å². The number of benzene rings is 1. The van der Waals surface area contributed by atoms with E-state index in [1.807, 2.05) is 37.3 Å². The Morgan fingerprint density at radius 1 is 1.07 bits per heavy atom. The van der Waals surface area contributed by atoms with Crippen molar-refractivity contribution in [2.45, 2.75) is 6.92 Å². The van der Waals surface area contributed by atoms with Crippen LogP contribution in [0.25, 0.3) is 10.9 Å². The Bertz CT molecular complexity index is 976. The fourth-order valence-corrected chi connectivity index (χ4v) is 3.26. The molecule has 3 aromatic rings. The van der Waals surface area contributed by atoms with Gasteiger partial charge in [-0.2, -0.15) is 0 Å². The van der Waals surface area contributed by atoms with Gasteiger partial charge in [-0.15, -0.1) is 0 Å². The van der Waals surface area contributed by atoms with Crippen LogP contribution in [0.4, 0.5) is 11.5 Å². The number of nitrogens with one attached hydrogen (secondary N) is 1. The van der Waals surface area contributed by atoms with Gasteiger partial charge in [-0.1, -0.05) is 18.2 Å². The van der Waals surface area contributed by atoms with Crippen LogP contribution in [0.5, 0.6) is 0 Å².